The van der Waals surface area contributed by atoms with Gasteiger partial charge in [0.05, 0.1) is 26.4 Å². The van der Waals surface area contributed by atoms with Crippen molar-refractivity contribution in [3.63, 3.8) is 0 Å². The first-order chi connectivity index (χ1) is 17.6. The molecular weight excluding hydrogens is 462 g/mol. The Bertz CT molecular complexity index is 980. The van der Waals surface area contributed by atoms with Crippen molar-refractivity contribution >= 4 is 5.78 Å². The van der Waals surface area contributed by atoms with E-state index in [1.54, 1.807) is 14.2 Å². The molecule has 0 saturated carbocycles. The van der Waals surface area contributed by atoms with E-state index >= 15 is 0 Å². The zero-order chi connectivity index (χ0) is 25.3. The molecular formula is C28H37NO7. The Labute approximate surface area is 213 Å². The Morgan fingerprint density at radius 2 is 1.83 bits per heavy atom. The average Bonchev–Trinajstić information content (AvgIpc) is 3.34. The molecule has 36 heavy (non-hydrogen) atoms. The van der Waals surface area contributed by atoms with E-state index in [4.69, 9.17) is 23.7 Å². The third-order valence-corrected chi connectivity index (χ3v) is 6.88. The number of hydrogen-bond donors (Lipinski definition) is 1. The second kappa shape index (κ2) is 12.9. The van der Waals surface area contributed by atoms with Gasteiger partial charge in [-0.15, -0.1) is 0 Å². The molecule has 0 aliphatic carbocycles. The van der Waals surface area contributed by atoms with Crippen LogP contribution >= 0.6 is 0 Å². The van der Waals surface area contributed by atoms with Crippen molar-refractivity contribution in [1.82, 2.24) is 4.90 Å². The third-order valence-electron chi connectivity index (χ3n) is 6.88. The summed E-state index contributed by atoms with van der Waals surface area (Å²) >= 11 is 0. The monoisotopic (exact) mass is 499 g/mol. The quantitative estimate of drug-likeness (QED) is 0.447. The molecule has 1 saturated heterocycles. The number of Topliss-reactive ketones (excluding diaryl/α,β-unsaturated/α-hetero) is 1. The largest absolute Gasteiger partial charge is 0.497 e. The fourth-order valence-corrected chi connectivity index (χ4v) is 4.96. The summed E-state index contributed by atoms with van der Waals surface area (Å²) in [5.74, 6) is 2.56. The Kier molecular flexibility index (Phi) is 9.44. The lowest BCUT2D eigenvalue weighted by Crippen LogP contribution is -2.39. The van der Waals surface area contributed by atoms with E-state index in [2.05, 4.69) is 4.90 Å². The summed E-state index contributed by atoms with van der Waals surface area (Å²) in [5, 5.41) is 11.4. The molecule has 2 aliphatic rings. The molecule has 2 aromatic carbocycles. The summed E-state index contributed by atoms with van der Waals surface area (Å²) in [7, 11) is 3.33. The van der Waals surface area contributed by atoms with Crippen molar-refractivity contribution in [2.45, 2.75) is 37.8 Å². The van der Waals surface area contributed by atoms with Gasteiger partial charge in [0.25, 0.3) is 0 Å². The molecule has 8 nitrogen and oxygen atoms in total. The van der Waals surface area contributed by atoms with Crippen LogP contribution in [-0.2, 0) is 9.53 Å². The fourth-order valence-electron chi connectivity index (χ4n) is 4.96. The Hall–Kier alpha value is -2.81. The first-order valence-electron chi connectivity index (χ1n) is 12.7. The number of hydrogen-bond acceptors (Lipinski definition) is 8. The van der Waals surface area contributed by atoms with Gasteiger partial charge in [0.1, 0.15) is 30.5 Å². The average molecular weight is 500 g/mol. The van der Waals surface area contributed by atoms with E-state index in [1.165, 1.54) is 0 Å². The normalized spacial score (nSPS) is 19.0. The summed E-state index contributed by atoms with van der Waals surface area (Å²) in [6.07, 6.45) is 1.88. The van der Waals surface area contributed by atoms with Crippen LogP contribution in [0.3, 0.4) is 0 Å². The number of likely N-dealkylation sites (tertiary alicyclic amines) is 1. The molecule has 2 aromatic rings. The molecule has 0 amide bonds. The second-order valence-electron chi connectivity index (χ2n) is 9.37. The maximum absolute atomic E-state index is 13.0. The number of fused-ring (bicyclic) bond motifs is 1. The third kappa shape index (κ3) is 6.90. The molecule has 3 atom stereocenters. The summed E-state index contributed by atoms with van der Waals surface area (Å²) < 4.78 is 27.7. The van der Waals surface area contributed by atoms with Gasteiger partial charge < -0.3 is 28.8 Å². The first kappa shape index (κ1) is 26.3. The molecule has 0 bridgehead atoms. The van der Waals surface area contributed by atoms with Crippen molar-refractivity contribution in [2.75, 3.05) is 53.7 Å². The summed E-state index contributed by atoms with van der Waals surface area (Å²) in [6, 6.07) is 13.1. The van der Waals surface area contributed by atoms with Crippen molar-refractivity contribution in [3.05, 3.63) is 48.0 Å². The van der Waals surface area contributed by atoms with Crippen LogP contribution in [0.5, 0.6) is 23.0 Å². The molecule has 0 aromatic heterocycles. The predicted octanol–water partition coefficient (Wildman–Crippen LogP) is 3.66. The highest BCUT2D eigenvalue weighted by Gasteiger charge is 2.32. The molecule has 1 unspecified atom stereocenters. The number of methoxy groups -OCH3 is 2. The van der Waals surface area contributed by atoms with E-state index in [-0.39, 0.29) is 31.1 Å². The highest BCUT2D eigenvalue weighted by atomic mass is 16.6. The zero-order valence-electron chi connectivity index (χ0n) is 21.2. The van der Waals surface area contributed by atoms with Gasteiger partial charge in [-0.05, 0) is 61.3 Å². The molecule has 0 radical (unpaired) electrons. The fraction of sp³-hybridized carbons (Fsp3) is 0.536. The number of ether oxygens (including phenoxy) is 5. The van der Waals surface area contributed by atoms with Crippen LogP contribution in [0, 0.1) is 5.92 Å². The van der Waals surface area contributed by atoms with E-state index in [9.17, 15) is 9.90 Å². The van der Waals surface area contributed by atoms with Gasteiger partial charge in [0, 0.05) is 38.5 Å². The number of carbonyl (C=O) groups is 1. The minimum Gasteiger partial charge on any atom is -0.497 e. The van der Waals surface area contributed by atoms with Gasteiger partial charge in [-0.2, -0.15) is 0 Å². The predicted molar refractivity (Wildman–Crippen MR) is 135 cm³/mol. The van der Waals surface area contributed by atoms with Gasteiger partial charge in [0.15, 0.2) is 11.5 Å². The molecule has 8 heteroatoms. The molecule has 2 heterocycles. The lowest BCUT2D eigenvalue weighted by molar-refractivity contribution is -0.121. The van der Waals surface area contributed by atoms with Crippen molar-refractivity contribution in [2.24, 2.45) is 5.92 Å². The van der Waals surface area contributed by atoms with Crippen LogP contribution < -0.4 is 18.9 Å². The van der Waals surface area contributed by atoms with Crippen LogP contribution in [0.15, 0.2) is 42.5 Å². The zero-order valence-corrected chi connectivity index (χ0v) is 21.2. The van der Waals surface area contributed by atoms with Gasteiger partial charge in [-0.25, -0.2) is 0 Å². The number of ketones is 1. The van der Waals surface area contributed by atoms with Crippen LogP contribution in [0.2, 0.25) is 0 Å². The van der Waals surface area contributed by atoms with E-state index in [1.807, 2.05) is 42.5 Å². The van der Waals surface area contributed by atoms with Gasteiger partial charge >= 0.3 is 0 Å². The standard InChI is InChI=1S/C28H37NO7/c1-32-19-22-4-3-12-29(22)18-21(28(31)20-5-10-26-27(17-20)36-15-14-35-26)16-23(30)11-13-34-25-8-6-24(33-2)7-9-25/h5-10,17,21-22,28,31H,3-4,11-16,18-19H2,1-2H3/t21-,22?,28-/m1/s1. The lowest BCUT2D eigenvalue weighted by Gasteiger charge is -2.31. The number of nitrogens with zero attached hydrogens (tertiary/aromatic N) is 1. The van der Waals surface area contributed by atoms with Gasteiger partial charge in [-0.1, -0.05) is 6.07 Å². The van der Waals surface area contributed by atoms with E-state index in [0.29, 0.717) is 49.7 Å². The van der Waals surface area contributed by atoms with Gasteiger partial charge in [0.2, 0.25) is 0 Å². The molecule has 4 rings (SSSR count). The van der Waals surface area contributed by atoms with Gasteiger partial charge in [-0.3, -0.25) is 9.69 Å². The topological polar surface area (TPSA) is 86.7 Å². The maximum Gasteiger partial charge on any atom is 0.161 e. The number of benzene rings is 2. The highest BCUT2D eigenvalue weighted by molar-refractivity contribution is 5.78. The maximum atomic E-state index is 13.0. The smallest absolute Gasteiger partial charge is 0.161 e. The summed E-state index contributed by atoms with van der Waals surface area (Å²) in [6.45, 7) is 3.49. The molecule has 2 aliphatic heterocycles. The number of carbonyl (C=O) groups excluding carboxylic acids is 1. The van der Waals surface area contributed by atoms with Crippen molar-refractivity contribution < 1.29 is 33.6 Å². The highest BCUT2D eigenvalue weighted by Crippen LogP contribution is 2.36. The molecule has 1 fully saturated rings. The minimum absolute atomic E-state index is 0.0626. The van der Waals surface area contributed by atoms with Crippen LogP contribution in [0.25, 0.3) is 0 Å². The van der Waals surface area contributed by atoms with Crippen LogP contribution in [0.1, 0.15) is 37.4 Å². The SMILES string of the molecule is COCC1CCCN1C[C@@H](CC(=O)CCOc1ccc(OC)cc1)[C@H](O)c1ccc2c(c1)OCCO2. The lowest BCUT2D eigenvalue weighted by atomic mass is 9.89. The Morgan fingerprint density at radius 3 is 2.58 bits per heavy atom. The van der Waals surface area contributed by atoms with Crippen molar-refractivity contribution in [1.29, 1.82) is 0 Å². The van der Waals surface area contributed by atoms with E-state index in [0.717, 1.165) is 30.7 Å². The summed E-state index contributed by atoms with van der Waals surface area (Å²) in [5.41, 5.74) is 0.731. The number of rotatable bonds is 13. The minimum atomic E-state index is -0.809. The molecule has 196 valence electrons. The van der Waals surface area contributed by atoms with Crippen LogP contribution in [0.4, 0.5) is 0 Å². The Morgan fingerprint density at radius 1 is 1.08 bits per heavy atom. The number of aliphatic hydroxyl groups is 1. The summed E-state index contributed by atoms with van der Waals surface area (Å²) in [4.78, 5) is 15.3. The Balaban J connectivity index is 1.40. The number of aliphatic hydroxyl groups excluding tert-OH is 1. The van der Waals surface area contributed by atoms with Crippen molar-refractivity contribution in [3.8, 4) is 23.0 Å². The van der Waals surface area contributed by atoms with E-state index < -0.39 is 6.10 Å². The molecule has 0 spiro atoms. The van der Waals surface area contributed by atoms with Crippen LogP contribution in [-0.4, -0.2) is 75.6 Å². The second-order valence-corrected chi connectivity index (χ2v) is 9.37. The first-order valence-corrected chi connectivity index (χ1v) is 12.7. The molecule has 1 N–H and O–H groups in total.